The van der Waals surface area contributed by atoms with Crippen LogP contribution in [0, 0.1) is 0 Å². The van der Waals surface area contributed by atoms with Crippen molar-refractivity contribution in [2.24, 2.45) is 4.99 Å². The van der Waals surface area contributed by atoms with E-state index in [4.69, 9.17) is 9.47 Å². The van der Waals surface area contributed by atoms with Crippen LogP contribution in [0.5, 0.6) is 5.75 Å². The first-order valence-corrected chi connectivity index (χ1v) is 9.42. The van der Waals surface area contributed by atoms with Gasteiger partial charge in [0.2, 0.25) is 0 Å². The fourth-order valence-electron chi connectivity index (χ4n) is 2.73. The molecular weight excluding hydrogens is 495 g/mol. The van der Waals surface area contributed by atoms with Crippen LogP contribution < -0.4 is 15.4 Å². The molecule has 0 atom stereocenters. The summed E-state index contributed by atoms with van der Waals surface area (Å²) >= 11 is 0. The summed E-state index contributed by atoms with van der Waals surface area (Å²) in [6, 6.07) is 15.9. The van der Waals surface area contributed by atoms with Crippen molar-refractivity contribution in [3.8, 4) is 17.1 Å². The molecule has 0 aliphatic rings. The van der Waals surface area contributed by atoms with E-state index < -0.39 is 0 Å². The molecule has 0 saturated heterocycles. The molecule has 3 aromatic rings. The van der Waals surface area contributed by atoms with Gasteiger partial charge >= 0.3 is 0 Å². The minimum atomic E-state index is 0. The molecule has 0 radical (unpaired) electrons. The normalized spacial score (nSPS) is 10.9. The molecule has 30 heavy (non-hydrogen) atoms. The van der Waals surface area contributed by atoms with Crippen molar-refractivity contribution in [2.75, 3.05) is 32.7 Å². The van der Waals surface area contributed by atoms with E-state index in [2.05, 4.69) is 42.9 Å². The van der Waals surface area contributed by atoms with Crippen LogP contribution >= 0.6 is 24.0 Å². The third-order valence-electron chi connectivity index (χ3n) is 4.16. The molecule has 3 N–H and O–H groups in total. The molecule has 2 aromatic carbocycles. The number of H-pyrrole nitrogens is 1. The zero-order valence-corrected chi connectivity index (χ0v) is 19.4. The van der Waals surface area contributed by atoms with E-state index in [0.29, 0.717) is 25.7 Å². The number of nitrogens with one attached hydrogen (secondary N) is 3. The maximum Gasteiger partial charge on any atom is 0.195 e. The van der Waals surface area contributed by atoms with Gasteiger partial charge in [-0.15, -0.1) is 24.0 Å². The van der Waals surface area contributed by atoms with E-state index in [1.165, 1.54) is 6.33 Å². The molecule has 0 aliphatic carbocycles. The number of guanidine groups is 1. The van der Waals surface area contributed by atoms with E-state index in [0.717, 1.165) is 34.8 Å². The minimum Gasteiger partial charge on any atom is -0.493 e. The zero-order valence-electron chi connectivity index (χ0n) is 17.1. The molecule has 9 heteroatoms. The highest BCUT2D eigenvalue weighted by atomic mass is 127. The zero-order chi connectivity index (χ0) is 20.3. The van der Waals surface area contributed by atoms with Crippen molar-refractivity contribution in [2.45, 2.75) is 13.0 Å². The highest BCUT2D eigenvalue weighted by Gasteiger charge is 2.04. The SMILES string of the molecule is CN=C(NCc1cccc(-c2ncn[nH]2)c1)Nc1cccc(OCCCOC)c1.I. The largest absolute Gasteiger partial charge is 0.493 e. The summed E-state index contributed by atoms with van der Waals surface area (Å²) in [4.78, 5) is 8.49. The van der Waals surface area contributed by atoms with Gasteiger partial charge in [0.05, 0.1) is 6.61 Å². The molecule has 8 nitrogen and oxygen atoms in total. The number of aromatic nitrogens is 3. The number of anilines is 1. The lowest BCUT2D eigenvalue weighted by molar-refractivity contribution is 0.172. The van der Waals surface area contributed by atoms with E-state index in [-0.39, 0.29) is 24.0 Å². The third kappa shape index (κ3) is 7.30. The quantitative estimate of drug-likeness (QED) is 0.172. The van der Waals surface area contributed by atoms with Crippen LogP contribution in [0.2, 0.25) is 0 Å². The highest BCUT2D eigenvalue weighted by Crippen LogP contribution is 2.18. The number of ether oxygens (including phenoxy) is 2. The van der Waals surface area contributed by atoms with Gasteiger partial charge in [0.15, 0.2) is 11.8 Å². The molecular formula is C21H27IN6O2. The molecule has 0 saturated carbocycles. The summed E-state index contributed by atoms with van der Waals surface area (Å²) in [7, 11) is 3.43. The van der Waals surface area contributed by atoms with Crippen LogP contribution in [0.25, 0.3) is 11.4 Å². The lowest BCUT2D eigenvalue weighted by Crippen LogP contribution is -2.30. The van der Waals surface area contributed by atoms with Crippen LogP contribution in [-0.4, -0.2) is 48.5 Å². The number of halogens is 1. The average Bonchev–Trinajstić information content (AvgIpc) is 3.30. The van der Waals surface area contributed by atoms with Crippen molar-refractivity contribution in [1.29, 1.82) is 0 Å². The maximum atomic E-state index is 5.75. The fourth-order valence-corrected chi connectivity index (χ4v) is 2.73. The maximum absolute atomic E-state index is 5.75. The Bertz CT molecular complexity index is 917. The number of rotatable bonds is 9. The molecule has 1 heterocycles. The minimum absolute atomic E-state index is 0. The van der Waals surface area contributed by atoms with E-state index in [1.807, 2.05) is 36.4 Å². The fraction of sp³-hybridized carbons (Fsp3) is 0.286. The number of hydrogen-bond acceptors (Lipinski definition) is 5. The second kappa shape index (κ2) is 12.8. The Morgan fingerprint density at radius 3 is 2.77 bits per heavy atom. The Kier molecular flexibility index (Phi) is 10.1. The summed E-state index contributed by atoms with van der Waals surface area (Å²) < 4.78 is 10.8. The lowest BCUT2D eigenvalue weighted by atomic mass is 10.1. The standard InChI is InChI=1S/C21H26N6O2.HI/c1-22-21(26-18-8-4-9-19(13-18)29-11-5-10-28-2)23-14-16-6-3-7-17(12-16)20-24-15-25-27-20;/h3-4,6-9,12-13,15H,5,10-11,14H2,1-2H3,(H2,22,23,26)(H,24,25,27);1H. The second-order valence-electron chi connectivity index (χ2n) is 6.31. The van der Waals surface area contributed by atoms with Gasteiger partial charge in [-0.05, 0) is 23.8 Å². The van der Waals surface area contributed by atoms with Crippen LogP contribution in [0.1, 0.15) is 12.0 Å². The molecule has 1 aromatic heterocycles. The number of aliphatic imine (C=N–C) groups is 1. The molecule has 0 amide bonds. The summed E-state index contributed by atoms with van der Waals surface area (Å²) in [5, 5.41) is 13.4. The first-order valence-electron chi connectivity index (χ1n) is 9.42. The number of aromatic amines is 1. The van der Waals surface area contributed by atoms with Crippen LogP contribution in [-0.2, 0) is 11.3 Å². The number of hydrogen-bond donors (Lipinski definition) is 3. The Labute approximate surface area is 193 Å². The van der Waals surface area contributed by atoms with E-state index >= 15 is 0 Å². The lowest BCUT2D eigenvalue weighted by Gasteiger charge is -2.13. The van der Waals surface area contributed by atoms with Crippen molar-refractivity contribution in [1.82, 2.24) is 20.5 Å². The van der Waals surface area contributed by atoms with Crippen LogP contribution in [0.3, 0.4) is 0 Å². The Balaban J connectivity index is 0.00000320. The van der Waals surface area contributed by atoms with Crippen molar-refractivity contribution >= 4 is 35.6 Å². The van der Waals surface area contributed by atoms with Crippen LogP contribution in [0.15, 0.2) is 59.9 Å². The second-order valence-corrected chi connectivity index (χ2v) is 6.31. The Hall–Kier alpha value is -2.66. The average molecular weight is 522 g/mol. The van der Waals surface area contributed by atoms with Gasteiger partial charge in [-0.25, -0.2) is 4.98 Å². The first-order chi connectivity index (χ1) is 14.3. The van der Waals surface area contributed by atoms with Gasteiger partial charge in [0.1, 0.15) is 12.1 Å². The smallest absolute Gasteiger partial charge is 0.195 e. The molecule has 3 rings (SSSR count). The summed E-state index contributed by atoms with van der Waals surface area (Å²) in [6.07, 6.45) is 2.35. The number of methoxy groups -OCH3 is 1. The summed E-state index contributed by atoms with van der Waals surface area (Å²) in [5.41, 5.74) is 3.00. The van der Waals surface area contributed by atoms with E-state index in [1.54, 1.807) is 14.2 Å². The molecule has 0 aliphatic heterocycles. The topological polar surface area (TPSA) is 96.5 Å². The summed E-state index contributed by atoms with van der Waals surface area (Å²) in [5.74, 6) is 2.23. The van der Waals surface area contributed by atoms with Gasteiger partial charge in [0.25, 0.3) is 0 Å². The van der Waals surface area contributed by atoms with Crippen molar-refractivity contribution < 1.29 is 9.47 Å². The molecule has 0 unspecified atom stereocenters. The van der Waals surface area contributed by atoms with Gasteiger partial charge < -0.3 is 20.1 Å². The summed E-state index contributed by atoms with van der Waals surface area (Å²) in [6.45, 7) is 1.92. The predicted octanol–water partition coefficient (Wildman–Crippen LogP) is 3.69. The number of benzene rings is 2. The van der Waals surface area contributed by atoms with Gasteiger partial charge in [0, 0.05) is 51.0 Å². The van der Waals surface area contributed by atoms with Gasteiger partial charge in [-0.2, -0.15) is 5.10 Å². The Morgan fingerprint density at radius 2 is 2.00 bits per heavy atom. The van der Waals surface area contributed by atoms with E-state index in [9.17, 15) is 0 Å². The third-order valence-corrected chi connectivity index (χ3v) is 4.16. The predicted molar refractivity (Wildman–Crippen MR) is 129 cm³/mol. The number of nitrogens with zero attached hydrogens (tertiary/aromatic N) is 3. The highest BCUT2D eigenvalue weighted by molar-refractivity contribution is 14.0. The monoisotopic (exact) mass is 522 g/mol. The van der Waals surface area contributed by atoms with Gasteiger partial charge in [-0.3, -0.25) is 10.1 Å². The molecule has 0 spiro atoms. The van der Waals surface area contributed by atoms with Crippen LogP contribution in [0.4, 0.5) is 5.69 Å². The van der Waals surface area contributed by atoms with Crippen molar-refractivity contribution in [3.05, 3.63) is 60.4 Å². The van der Waals surface area contributed by atoms with Gasteiger partial charge in [-0.1, -0.05) is 24.3 Å². The van der Waals surface area contributed by atoms with Crippen molar-refractivity contribution in [3.63, 3.8) is 0 Å². The molecule has 0 fully saturated rings. The Morgan fingerprint density at radius 1 is 1.13 bits per heavy atom. The molecule has 160 valence electrons. The molecule has 0 bridgehead atoms. The first kappa shape index (κ1) is 23.6.